The summed E-state index contributed by atoms with van der Waals surface area (Å²) in [5, 5.41) is 8.92. The number of aromatic carboxylic acids is 1. The lowest BCUT2D eigenvalue weighted by Crippen LogP contribution is -2.12. The van der Waals surface area contributed by atoms with Crippen LogP contribution in [0.15, 0.2) is 11.0 Å². The van der Waals surface area contributed by atoms with Gasteiger partial charge in [-0.05, 0) is 24.8 Å². The summed E-state index contributed by atoms with van der Waals surface area (Å²) in [6.45, 7) is 1.46. The largest absolute Gasteiger partial charge is 0.495 e. The van der Waals surface area contributed by atoms with Crippen molar-refractivity contribution in [2.75, 3.05) is 13.4 Å². The van der Waals surface area contributed by atoms with Crippen LogP contribution >= 0.6 is 11.8 Å². The number of hydrogen-bond donors (Lipinski definition) is 1. The van der Waals surface area contributed by atoms with Crippen molar-refractivity contribution in [1.29, 1.82) is 0 Å². The van der Waals surface area contributed by atoms with Crippen LogP contribution in [0.3, 0.4) is 0 Å². The molecule has 0 aliphatic rings. The fourth-order valence-corrected chi connectivity index (χ4v) is 2.41. The van der Waals surface area contributed by atoms with Crippen LogP contribution in [0.4, 0.5) is 13.2 Å². The molecule has 3 nitrogen and oxygen atoms in total. The first-order valence-electron chi connectivity index (χ1n) is 4.80. The summed E-state index contributed by atoms with van der Waals surface area (Å²) in [5.74, 6) is -1.73. The summed E-state index contributed by atoms with van der Waals surface area (Å²) in [6.07, 6.45) is -3.09. The number of halogens is 3. The van der Waals surface area contributed by atoms with E-state index in [0.29, 0.717) is 6.07 Å². The zero-order valence-electron chi connectivity index (χ0n) is 9.88. The topological polar surface area (TPSA) is 46.5 Å². The Labute approximate surface area is 106 Å². The quantitative estimate of drug-likeness (QED) is 0.861. The van der Waals surface area contributed by atoms with Crippen molar-refractivity contribution in [1.82, 2.24) is 0 Å². The Morgan fingerprint density at radius 3 is 2.33 bits per heavy atom. The Morgan fingerprint density at radius 1 is 1.44 bits per heavy atom. The maximum Gasteiger partial charge on any atom is 0.420 e. The molecule has 0 heterocycles. The molecule has 0 atom stereocenters. The van der Waals surface area contributed by atoms with Crippen LogP contribution in [-0.4, -0.2) is 24.4 Å². The molecule has 0 saturated carbocycles. The number of benzene rings is 1. The summed E-state index contributed by atoms with van der Waals surface area (Å²) in [5.41, 5.74) is -1.18. The van der Waals surface area contributed by atoms with E-state index in [1.165, 1.54) is 6.92 Å². The van der Waals surface area contributed by atoms with Crippen molar-refractivity contribution in [2.45, 2.75) is 18.0 Å². The fraction of sp³-hybridized carbons (Fsp3) is 0.364. The smallest absolute Gasteiger partial charge is 0.420 e. The summed E-state index contributed by atoms with van der Waals surface area (Å²) in [7, 11) is 1.13. The van der Waals surface area contributed by atoms with Crippen LogP contribution < -0.4 is 4.74 Å². The predicted molar refractivity (Wildman–Crippen MR) is 61.5 cm³/mol. The van der Waals surface area contributed by atoms with E-state index in [9.17, 15) is 18.0 Å². The standard InChI is InChI=1S/C11H11F3O3S/c1-5-6(10(15)16)4-7(11(12,13)14)8(17-2)9(5)18-3/h4H,1-3H3,(H,15,16). The van der Waals surface area contributed by atoms with Gasteiger partial charge in [-0.3, -0.25) is 0 Å². The van der Waals surface area contributed by atoms with Gasteiger partial charge in [0.25, 0.3) is 0 Å². The summed E-state index contributed by atoms with van der Waals surface area (Å²) < 4.78 is 43.3. The molecule has 100 valence electrons. The van der Waals surface area contributed by atoms with Crippen LogP contribution in [0.5, 0.6) is 5.75 Å². The molecule has 0 fully saturated rings. The van der Waals surface area contributed by atoms with Crippen molar-refractivity contribution in [3.8, 4) is 5.75 Å². The maximum absolute atomic E-state index is 12.8. The summed E-state index contributed by atoms with van der Waals surface area (Å²) in [6, 6.07) is 0.607. The van der Waals surface area contributed by atoms with Crippen molar-refractivity contribution in [3.63, 3.8) is 0 Å². The third-order valence-corrected chi connectivity index (χ3v) is 3.33. The van der Waals surface area contributed by atoms with Gasteiger partial charge in [0, 0.05) is 0 Å². The van der Waals surface area contributed by atoms with Crippen molar-refractivity contribution < 1.29 is 27.8 Å². The van der Waals surface area contributed by atoms with E-state index < -0.39 is 17.7 Å². The zero-order valence-corrected chi connectivity index (χ0v) is 10.7. The van der Waals surface area contributed by atoms with E-state index in [2.05, 4.69) is 0 Å². The number of thioether (sulfide) groups is 1. The molecule has 0 bridgehead atoms. The minimum atomic E-state index is -4.66. The molecule has 0 spiro atoms. The van der Waals surface area contributed by atoms with Gasteiger partial charge in [0.1, 0.15) is 5.75 Å². The molecule has 0 radical (unpaired) electrons. The highest BCUT2D eigenvalue weighted by atomic mass is 32.2. The number of carboxylic acid groups (broad SMARTS) is 1. The number of carbonyl (C=O) groups is 1. The number of ether oxygens (including phenoxy) is 1. The minimum Gasteiger partial charge on any atom is -0.495 e. The van der Waals surface area contributed by atoms with Gasteiger partial charge in [-0.15, -0.1) is 11.8 Å². The predicted octanol–water partition coefficient (Wildman–Crippen LogP) is 3.44. The average molecular weight is 280 g/mol. The zero-order chi connectivity index (χ0) is 14.1. The number of carboxylic acids is 1. The first-order chi connectivity index (χ1) is 8.23. The first-order valence-corrected chi connectivity index (χ1v) is 6.02. The molecule has 18 heavy (non-hydrogen) atoms. The highest BCUT2D eigenvalue weighted by molar-refractivity contribution is 7.98. The Hall–Kier alpha value is -1.37. The monoisotopic (exact) mass is 280 g/mol. The molecule has 7 heteroatoms. The lowest BCUT2D eigenvalue weighted by atomic mass is 10.0. The third kappa shape index (κ3) is 2.55. The highest BCUT2D eigenvalue weighted by Gasteiger charge is 2.37. The first kappa shape index (κ1) is 14.7. The number of alkyl halides is 3. The van der Waals surface area contributed by atoms with Gasteiger partial charge in [0.05, 0.1) is 23.1 Å². The van der Waals surface area contributed by atoms with Gasteiger partial charge in [-0.2, -0.15) is 13.2 Å². The average Bonchev–Trinajstić information content (AvgIpc) is 2.25. The molecule has 0 saturated heterocycles. The molecule has 0 amide bonds. The Balaban J connectivity index is 3.71. The second kappa shape index (κ2) is 5.09. The van der Waals surface area contributed by atoms with Crippen LogP contribution in [-0.2, 0) is 6.18 Å². The second-order valence-electron chi connectivity index (χ2n) is 3.47. The van der Waals surface area contributed by atoms with Crippen LogP contribution in [0.25, 0.3) is 0 Å². The van der Waals surface area contributed by atoms with Crippen molar-refractivity contribution >= 4 is 17.7 Å². The number of hydrogen-bond acceptors (Lipinski definition) is 3. The molecule has 0 aliphatic heterocycles. The Morgan fingerprint density at radius 2 is 2.00 bits per heavy atom. The van der Waals surface area contributed by atoms with E-state index >= 15 is 0 Å². The van der Waals surface area contributed by atoms with E-state index in [4.69, 9.17) is 9.84 Å². The number of rotatable bonds is 3. The van der Waals surface area contributed by atoms with Gasteiger partial charge in [-0.1, -0.05) is 0 Å². The SMILES string of the molecule is COc1c(C(F)(F)F)cc(C(=O)O)c(C)c1SC. The van der Waals surface area contributed by atoms with E-state index in [1.54, 1.807) is 6.26 Å². The van der Waals surface area contributed by atoms with Gasteiger partial charge >= 0.3 is 12.1 Å². The maximum atomic E-state index is 12.8. The van der Waals surface area contributed by atoms with Crippen LogP contribution in [0, 0.1) is 6.92 Å². The highest BCUT2D eigenvalue weighted by Crippen LogP contribution is 2.43. The third-order valence-electron chi connectivity index (χ3n) is 2.43. The molecule has 1 aromatic rings. The van der Waals surface area contributed by atoms with Gasteiger partial charge in [-0.25, -0.2) is 4.79 Å². The van der Waals surface area contributed by atoms with E-state index in [0.717, 1.165) is 18.9 Å². The molecular formula is C11H11F3O3S. The normalized spacial score (nSPS) is 11.4. The summed E-state index contributed by atoms with van der Waals surface area (Å²) in [4.78, 5) is 11.1. The Kier molecular flexibility index (Phi) is 4.16. The van der Waals surface area contributed by atoms with Crippen molar-refractivity contribution in [2.24, 2.45) is 0 Å². The van der Waals surface area contributed by atoms with Crippen LogP contribution in [0.1, 0.15) is 21.5 Å². The number of methoxy groups -OCH3 is 1. The molecule has 1 aromatic carbocycles. The summed E-state index contributed by atoms with van der Waals surface area (Å²) >= 11 is 1.02. The lowest BCUT2D eigenvalue weighted by Gasteiger charge is -2.18. The minimum absolute atomic E-state index is 0.185. The molecular weight excluding hydrogens is 269 g/mol. The molecule has 0 unspecified atom stereocenters. The van der Waals surface area contributed by atoms with Crippen molar-refractivity contribution in [3.05, 3.63) is 22.8 Å². The second-order valence-corrected chi connectivity index (χ2v) is 4.28. The van der Waals surface area contributed by atoms with Gasteiger partial charge in [0.2, 0.25) is 0 Å². The van der Waals surface area contributed by atoms with E-state index in [1.807, 2.05) is 0 Å². The van der Waals surface area contributed by atoms with Gasteiger partial charge < -0.3 is 9.84 Å². The molecule has 1 rings (SSSR count). The Bertz CT molecular complexity index is 483. The lowest BCUT2D eigenvalue weighted by molar-refractivity contribution is -0.139. The molecule has 0 aromatic heterocycles. The fourth-order valence-electron chi connectivity index (χ4n) is 1.61. The van der Waals surface area contributed by atoms with Gasteiger partial charge in [0.15, 0.2) is 0 Å². The van der Waals surface area contributed by atoms with Crippen LogP contribution in [0.2, 0.25) is 0 Å². The molecule has 0 aliphatic carbocycles. The molecule has 1 N–H and O–H groups in total. The van der Waals surface area contributed by atoms with E-state index in [-0.39, 0.29) is 21.8 Å².